The van der Waals surface area contributed by atoms with Gasteiger partial charge >= 0.3 is 6.18 Å². The van der Waals surface area contributed by atoms with Crippen LogP contribution in [0.1, 0.15) is 5.69 Å². The second-order valence-electron chi connectivity index (χ2n) is 5.96. The molecule has 30 heavy (non-hydrogen) atoms. The van der Waals surface area contributed by atoms with Crippen LogP contribution in [-0.4, -0.2) is 19.8 Å². The Hall–Kier alpha value is -3.55. The molecule has 0 bridgehead atoms. The number of aromatic nitrogens is 3. The van der Waals surface area contributed by atoms with Gasteiger partial charge in [0.2, 0.25) is 0 Å². The van der Waals surface area contributed by atoms with Gasteiger partial charge in [-0.3, -0.25) is 5.21 Å². The lowest BCUT2D eigenvalue weighted by Gasteiger charge is -2.21. The second-order valence-corrected chi connectivity index (χ2v) is 6.91. The average molecular weight is 434 g/mol. The third-order valence-electron chi connectivity index (χ3n) is 3.97. The first-order valence-corrected chi connectivity index (χ1v) is 9.10. The van der Waals surface area contributed by atoms with E-state index >= 15 is 0 Å². The summed E-state index contributed by atoms with van der Waals surface area (Å²) >= 11 is 1.23. The highest BCUT2D eigenvalue weighted by molar-refractivity contribution is 7.13. The summed E-state index contributed by atoms with van der Waals surface area (Å²) in [5, 5.41) is 32.8. The minimum atomic E-state index is -4.72. The normalized spacial score (nSPS) is 12.2. The van der Waals surface area contributed by atoms with Crippen molar-refractivity contribution in [2.45, 2.75) is 6.18 Å². The van der Waals surface area contributed by atoms with E-state index < -0.39 is 11.9 Å². The molecule has 13 heteroatoms. The van der Waals surface area contributed by atoms with Crippen LogP contribution in [0.2, 0.25) is 0 Å². The van der Waals surface area contributed by atoms with Gasteiger partial charge in [0, 0.05) is 0 Å². The molecular weight excluding hydrogens is 423 g/mol. The Labute approximate surface area is 170 Å². The number of anilines is 2. The zero-order chi connectivity index (χ0) is 21.5. The third kappa shape index (κ3) is 3.68. The van der Waals surface area contributed by atoms with Crippen LogP contribution in [0.25, 0.3) is 16.2 Å². The Morgan fingerprint density at radius 3 is 2.63 bits per heavy atom. The lowest BCUT2D eigenvalue weighted by atomic mass is 10.2. The summed E-state index contributed by atoms with van der Waals surface area (Å²) in [5.74, 6) is -0.302. The highest BCUT2D eigenvalue weighted by Gasteiger charge is 2.36. The molecule has 3 heterocycles. The number of fused-ring (bicyclic) bond motifs is 1. The van der Waals surface area contributed by atoms with Crippen LogP contribution in [0, 0.1) is 5.21 Å². The lowest BCUT2D eigenvalue weighted by molar-refractivity contribution is -0.142. The maximum atomic E-state index is 13.6. The Kier molecular flexibility index (Phi) is 4.85. The van der Waals surface area contributed by atoms with E-state index in [1.807, 2.05) is 0 Å². The summed E-state index contributed by atoms with van der Waals surface area (Å²) in [4.78, 5) is 4.77. The predicted molar refractivity (Wildman–Crippen MR) is 104 cm³/mol. The SMILES string of the molecule is Nc1nn2c(C(F)(F)F)cc(-c3cccs3)nc2c1N=Nc1cccc(N([O-])O)c1. The van der Waals surface area contributed by atoms with Crippen molar-refractivity contribution in [2.75, 3.05) is 11.0 Å². The van der Waals surface area contributed by atoms with E-state index in [1.165, 1.54) is 35.6 Å². The summed E-state index contributed by atoms with van der Waals surface area (Å²) in [7, 11) is 0. The largest absolute Gasteiger partial charge is 0.733 e. The number of hydrogen-bond donors (Lipinski definition) is 2. The first kappa shape index (κ1) is 19.8. The predicted octanol–water partition coefficient (Wildman–Crippen LogP) is 5.17. The molecule has 3 aromatic heterocycles. The maximum Gasteiger partial charge on any atom is 0.433 e. The molecule has 9 nitrogen and oxygen atoms in total. The molecule has 0 aliphatic rings. The number of halogens is 3. The van der Waals surface area contributed by atoms with Crippen molar-refractivity contribution < 1.29 is 18.4 Å². The minimum absolute atomic E-state index is 0.0884. The number of alkyl halides is 3. The topological polar surface area (TPSA) is 127 Å². The Morgan fingerprint density at radius 1 is 1.17 bits per heavy atom. The highest BCUT2D eigenvalue weighted by Crippen LogP contribution is 2.37. The number of nitrogen functional groups attached to an aromatic ring is 1. The average Bonchev–Trinajstić information content (AvgIpc) is 3.32. The van der Waals surface area contributed by atoms with Crippen LogP contribution < -0.4 is 11.0 Å². The van der Waals surface area contributed by atoms with E-state index in [2.05, 4.69) is 20.3 Å². The summed E-state index contributed by atoms with van der Waals surface area (Å²) in [5.41, 5.74) is 4.49. The lowest BCUT2D eigenvalue weighted by Crippen LogP contribution is -2.13. The van der Waals surface area contributed by atoms with Crippen molar-refractivity contribution in [2.24, 2.45) is 10.2 Å². The van der Waals surface area contributed by atoms with Gasteiger partial charge in [-0.15, -0.1) is 21.5 Å². The summed E-state index contributed by atoms with van der Waals surface area (Å²) in [6, 6.07) is 9.70. The first-order chi connectivity index (χ1) is 14.2. The molecule has 0 amide bonds. The fourth-order valence-corrected chi connectivity index (χ4v) is 3.34. The summed E-state index contributed by atoms with van der Waals surface area (Å²) < 4.78 is 41.4. The molecule has 0 saturated carbocycles. The maximum absolute atomic E-state index is 13.6. The molecule has 0 saturated heterocycles. The number of benzene rings is 1. The number of rotatable bonds is 4. The van der Waals surface area contributed by atoms with Crippen LogP contribution in [0.15, 0.2) is 58.1 Å². The van der Waals surface area contributed by atoms with Crippen molar-refractivity contribution in [3.8, 4) is 10.6 Å². The second kappa shape index (κ2) is 7.37. The van der Waals surface area contributed by atoms with Gasteiger partial charge in [-0.2, -0.15) is 18.3 Å². The minimum Gasteiger partial charge on any atom is -0.733 e. The third-order valence-corrected chi connectivity index (χ3v) is 4.86. The van der Waals surface area contributed by atoms with E-state index in [0.29, 0.717) is 9.39 Å². The van der Waals surface area contributed by atoms with Crippen LogP contribution in [0.5, 0.6) is 0 Å². The van der Waals surface area contributed by atoms with Crippen molar-refractivity contribution >= 4 is 39.9 Å². The molecule has 0 unspecified atom stereocenters. The van der Waals surface area contributed by atoms with Gasteiger partial charge in [-0.25, -0.2) is 9.50 Å². The molecule has 0 aliphatic heterocycles. The first-order valence-electron chi connectivity index (χ1n) is 8.22. The Bertz CT molecular complexity index is 1240. The van der Waals surface area contributed by atoms with Gasteiger partial charge in [0.1, 0.15) is 0 Å². The quantitative estimate of drug-likeness (QED) is 0.337. The van der Waals surface area contributed by atoms with Crippen LogP contribution in [-0.2, 0) is 6.18 Å². The van der Waals surface area contributed by atoms with E-state index in [1.54, 1.807) is 17.5 Å². The van der Waals surface area contributed by atoms with E-state index in [0.717, 1.165) is 6.07 Å². The zero-order valence-electron chi connectivity index (χ0n) is 14.8. The number of hydrogen-bond acceptors (Lipinski definition) is 9. The van der Waals surface area contributed by atoms with Crippen molar-refractivity contribution in [3.63, 3.8) is 0 Å². The molecule has 3 N–H and O–H groups in total. The van der Waals surface area contributed by atoms with Crippen LogP contribution >= 0.6 is 11.3 Å². The molecule has 0 radical (unpaired) electrons. The monoisotopic (exact) mass is 434 g/mol. The van der Waals surface area contributed by atoms with Crippen molar-refractivity contribution in [1.82, 2.24) is 14.6 Å². The van der Waals surface area contributed by atoms with E-state index in [-0.39, 0.29) is 39.4 Å². The van der Waals surface area contributed by atoms with Gasteiger partial charge < -0.3 is 16.2 Å². The summed E-state index contributed by atoms with van der Waals surface area (Å²) in [6.45, 7) is 0. The molecule has 0 fully saturated rings. The molecule has 0 aliphatic carbocycles. The number of thiophene rings is 1. The van der Waals surface area contributed by atoms with Crippen LogP contribution in [0.4, 0.5) is 36.1 Å². The molecule has 154 valence electrons. The van der Waals surface area contributed by atoms with E-state index in [4.69, 9.17) is 10.9 Å². The summed E-state index contributed by atoms with van der Waals surface area (Å²) in [6.07, 6.45) is -4.72. The van der Waals surface area contributed by atoms with Gasteiger partial charge in [-0.1, -0.05) is 12.1 Å². The Morgan fingerprint density at radius 2 is 1.97 bits per heavy atom. The Balaban J connectivity index is 1.87. The smallest absolute Gasteiger partial charge is 0.433 e. The molecule has 1 aromatic carbocycles. The van der Waals surface area contributed by atoms with E-state index in [9.17, 15) is 18.4 Å². The van der Waals surface area contributed by atoms with Crippen molar-refractivity contribution in [3.05, 3.63) is 58.7 Å². The zero-order valence-corrected chi connectivity index (χ0v) is 15.6. The van der Waals surface area contributed by atoms with Crippen LogP contribution in [0.3, 0.4) is 0 Å². The van der Waals surface area contributed by atoms with Gasteiger partial charge in [0.25, 0.3) is 0 Å². The fourth-order valence-electron chi connectivity index (χ4n) is 2.65. The number of azo groups is 1. The van der Waals surface area contributed by atoms with Gasteiger partial charge in [-0.05, 0) is 35.7 Å². The molecule has 4 aromatic rings. The molecular formula is C17H11F3N7O2S-. The molecule has 0 atom stereocenters. The number of nitrogens with two attached hydrogens (primary N) is 1. The highest BCUT2D eigenvalue weighted by atomic mass is 32.1. The van der Waals surface area contributed by atoms with Gasteiger partial charge in [0.05, 0.1) is 21.9 Å². The van der Waals surface area contributed by atoms with Gasteiger partial charge in [0.15, 0.2) is 22.8 Å². The number of nitrogens with zero attached hydrogens (tertiary/aromatic N) is 6. The molecule has 4 rings (SSSR count). The van der Waals surface area contributed by atoms with Crippen molar-refractivity contribution in [1.29, 1.82) is 0 Å². The fraction of sp³-hybridized carbons (Fsp3) is 0.0588. The standard InChI is InChI=1S/C17H11F3N7O2S/c18-17(19,20)13-8-11(12-5-2-6-30-12)22-16-14(15(21)25-26(13)16)24-23-9-3-1-4-10(7-9)27(28)29/h1-8,28H,(H2,21,25)/q-1. The molecule has 0 spiro atoms.